The van der Waals surface area contributed by atoms with E-state index in [0.717, 1.165) is 54.6 Å². The minimum Gasteiger partial charge on any atom is -0.334 e. The maximum absolute atomic E-state index is 12.7. The Balaban J connectivity index is 1.12. The molecule has 0 atom stereocenters. The monoisotopic (exact) mass is 432 g/mol. The van der Waals surface area contributed by atoms with Crippen molar-refractivity contribution in [2.75, 3.05) is 11.9 Å². The molecule has 6 nitrogen and oxygen atoms in total. The molecule has 1 fully saturated rings. The van der Waals surface area contributed by atoms with Gasteiger partial charge in [0, 0.05) is 47.9 Å². The Bertz CT molecular complexity index is 1090. The molecule has 0 bridgehead atoms. The van der Waals surface area contributed by atoms with Crippen LogP contribution in [0.5, 0.6) is 0 Å². The Morgan fingerprint density at radius 1 is 1.13 bits per heavy atom. The molecule has 2 amide bonds. The van der Waals surface area contributed by atoms with Crippen molar-refractivity contribution in [3.8, 4) is 11.3 Å². The Kier molecular flexibility index (Phi) is 5.51. The van der Waals surface area contributed by atoms with Gasteiger partial charge in [0.25, 0.3) is 5.91 Å². The van der Waals surface area contributed by atoms with Crippen molar-refractivity contribution in [1.82, 2.24) is 14.9 Å². The van der Waals surface area contributed by atoms with Gasteiger partial charge in [0.05, 0.1) is 5.69 Å². The Labute approximate surface area is 185 Å². The molecule has 2 aliphatic rings. The van der Waals surface area contributed by atoms with Crippen molar-refractivity contribution >= 4 is 28.3 Å². The molecule has 1 N–H and O–H groups in total. The van der Waals surface area contributed by atoms with Gasteiger partial charge < -0.3 is 10.2 Å². The number of carbonyl (C=O) groups excluding carboxylic acids is 2. The third kappa shape index (κ3) is 4.23. The van der Waals surface area contributed by atoms with Crippen molar-refractivity contribution in [1.29, 1.82) is 0 Å². The highest BCUT2D eigenvalue weighted by atomic mass is 32.1. The van der Waals surface area contributed by atoms with Crippen LogP contribution in [0.2, 0.25) is 0 Å². The van der Waals surface area contributed by atoms with Crippen LogP contribution in [0.4, 0.5) is 5.13 Å². The molecule has 0 spiro atoms. The lowest BCUT2D eigenvalue weighted by Gasteiger charge is -2.30. The van der Waals surface area contributed by atoms with Gasteiger partial charge in [-0.15, -0.1) is 11.3 Å². The van der Waals surface area contributed by atoms with Crippen LogP contribution in [0, 0.1) is 11.8 Å². The number of anilines is 1. The van der Waals surface area contributed by atoms with E-state index in [4.69, 9.17) is 0 Å². The first-order valence-electron chi connectivity index (χ1n) is 10.7. The summed E-state index contributed by atoms with van der Waals surface area (Å²) in [4.78, 5) is 36.0. The molecule has 1 saturated carbocycles. The zero-order chi connectivity index (χ0) is 21.2. The largest absolute Gasteiger partial charge is 0.334 e. The molecule has 158 valence electrons. The summed E-state index contributed by atoms with van der Waals surface area (Å²) >= 11 is 1.44. The summed E-state index contributed by atoms with van der Waals surface area (Å²) in [5, 5.41) is 5.56. The standard InChI is InChI=1S/C24H24N4O2S/c29-22(27-24-26-21(15-31-24)18-5-3-11-25-12-18)17-9-7-16(8-10-17)13-28-14-19-4-1-2-6-20(19)23(28)30/h1-6,11-12,15-17H,7-10,13-14H2,(H,26,27,29). The molecule has 2 aromatic heterocycles. The summed E-state index contributed by atoms with van der Waals surface area (Å²) < 4.78 is 0. The van der Waals surface area contributed by atoms with E-state index in [1.165, 1.54) is 11.3 Å². The molecule has 0 radical (unpaired) electrons. The van der Waals surface area contributed by atoms with E-state index in [1.807, 2.05) is 46.7 Å². The fraction of sp³-hybridized carbons (Fsp3) is 0.333. The summed E-state index contributed by atoms with van der Waals surface area (Å²) in [6.45, 7) is 1.49. The molecule has 31 heavy (non-hydrogen) atoms. The second-order valence-corrected chi connectivity index (χ2v) is 9.19. The molecule has 1 aliphatic carbocycles. The highest BCUT2D eigenvalue weighted by Crippen LogP contribution is 2.33. The molecule has 3 aromatic rings. The third-order valence-corrected chi connectivity index (χ3v) is 7.04. The van der Waals surface area contributed by atoms with Crippen LogP contribution in [0.25, 0.3) is 11.3 Å². The lowest BCUT2D eigenvalue weighted by Crippen LogP contribution is -2.34. The molecule has 1 aliphatic heterocycles. The number of thiazole rings is 1. The number of benzene rings is 1. The molecule has 3 heterocycles. The van der Waals surface area contributed by atoms with Crippen molar-refractivity contribution < 1.29 is 9.59 Å². The van der Waals surface area contributed by atoms with Crippen LogP contribution in [0.15, 0.2) is 54.2 Å². The molecule has 1 aromatic carbocycles. The van der Waals surface area contributed by atoms with Crippen molar-refractivity contribution in [3.05, 3.63) is 65.3 Å². The van der Waals surface area contributed by atoms with Gasteiger partial charge in [-0.25, -0.2) is 4.98 Å². The van der Waals surface area contributed by atoms with Gasteiger partial charge in [-0.3, -0.25) is 14.6 Å². The predicted octanol–water partition coefficient (Wildman–Crippen LogP) is 4.61. The van der Waals surface area contributed by atoms with Gasteiger partial charge in [0.15, 0.2) is 5.13 Å². The molecule has 7 heteroatoms. The van der Waals surface area contributed by atoms with Crippen molar-refractivity contribution in [3.63, 3.8) is 0 Å². The van der Waals surface area contributed by atoms with Crippen LogP contribution in [-0.4, -0.2) is 33.2 Å². The van der Waals surface area contributed by atoms with Gasteiger partial charge in [-0.2, -0.15) is 0 Å². The average molecular weight is 433 g/mol. The van der Waals surface area contributed by atoms with Crippen LogP contribution < -0.4 is 5.32 Å². The van der Waals surface area contributed by atoms with E-state index < -0.39 is 0 Å². The van der Waals surface area contributed by atoms with Gasteiger partial charge in [0.1, 0.15) is 0 Å². The number of hydrogen-bond donors (Lipinski definition) is 1. The van der Waals surface area contributed by atoms with Crippen molar-refractivity contribution in [2.24, 2.45) is 11.8 Å². The van der Waals surface area contributed by atoms with Crippen LogP contribution >= 0.6 is 11.3 Å². The van der Waals surface area contributed by atoms with Gasteiger partial charge in [-0.1, -0.05) is 18.2 Å². The maximum atomic E-state index is 12.7. The predicted molar refractivity (Wildman–Crippen MR) is 121 cm³/mol. The first-order chi connectivity index (χ1) is 15.2. The highest BCUT2D eigenvalue weighted by Gasteiger charge is 2.32. The summed E-state index contributed by atoms with van der Waals surface area (Å²) in [6, 6.07) is 11.7. The zero-order valence-corrected chi connectivity index (χ0v) is 18.0. The molecular weight excluding hydrogens is 408 g/mol. The van der Waals surface area contributed by atoms with E-state index >= 15 is 0 Å². The van der Waals surface area contributed by atoms with Crippen LogP contribution in [-0.2, 0) is 11.3 Å². The number of nitrogens with one attached hydrogen (secondary N) is 1. The molecule has 0 saturated heterocycles. The fourth-order valence-corrected chi connectivity index (χ4v) is 5.29. The average Bonchev–Trinajstić information content (AvgIpc) is 3.40. The van der Waals surface area contributed by atoms with Gasteiger partial charge in [-0.05, 0) is 55.4 Å². The van der Waals surface area contributed by atoms with E-state index in [0.29, 0.717) is 17.6 Å². The first kappa shape index (κ1) is 19.9. The smallest absolute Gasteiger partial charge is 0.254 e. The highest BCUT2D eigenvalue weighted by molar-refractivity contribution is 7.14. The lowest BCUT2D eigenvalue weighted by atomic mass is 9.81. The summed E-state index contributed by atoms with van der Waals surface area (Å²) in [6.07, 6.45) is 7.14. The van der Waals surface area contributed by atoms with Crippen LogP contribution in [0.3, 0.4) is 0 Å². The number of rotatable bonds is 5. The normalized spacial score (nSPS) is 20.5. The summed E-state index contributed by atoms with van der Waals surface area (Å²) in [7, 11) is 0. The Morgan fingerprint density at radius 2 is 1.97 bits per heavy atom. The van der Waals surface area contributed by atoms with Gasteiger partial charge in [0.2, 0.25) is 5.91 Å². The maximum Gasteiger partial charge on any atom is 0.254 e. The van der Waals surface area contributed by atoms with Gasteiger partial charge >= 0.3 is 0 Å². The van der Waals surface area contributed by atoms with E-state index in [9.17, 15) is 9.59 Å². The third-order valence-electron chi connectivity index (χ3n) is 6.28. The molecule has 0 unspecified atom stereocenters. The minimum absolute atomic E-state index is 0.00784. The molecule has 5 rings (SSSR count). The van der Waals surface area contributed by atoms with Crippen LogP contribution in [0.1, 0.15) is 41.6 Å². The Hall–Kier alpha value is -3.06. The lowest BCUT2D eigenvalue weighted by molar-refractivity contribution is -0.121. The van der Waals surface area contributed by atoms with E-state index in [1.54, 1.807) is 12.4 Å². The van der Waals surface area contributed by atoms with E-state index in [2.05, 4.69) is 15.3 Å². The zero-order valence-electron chi connectivity index (χ0n) is 17.2. The fourth-order valence-electron chi connectivity index (χ4n) is 4.57. The SMILES string of the molecule is O=C(Nc1nc(-c2cccnc2)cs1)C1CCC(CN2Cc3ccccc3C2=O)CC1. The number of amides is 2. The van der Waals surface area contributed by atoms with E-state index in [-0.39, 0.29) is 17.7 Å². The number of fused-ring (bicyclic) bond motifs is 1. The van der Waals surface area contributed by atoms with Crippen molar-refractivity contribution in [2.45, 2.75) is 32.2 Å². The number of aromatic nitrogens is 2. The number of hydrogen-bond acceptors (Lipinski definition) is 5. The number of nitrogens with zero attached hydrogens (tertiary/aromatic N) is 3. The topological polar surface area (TPSA) is 75.2 Å². The number of carbonyl (C=O) groups is 2. The second kappa shape index (κ2) is 8.59. The quantitative estimate of drug-likeness (QED) is 0.639. The summed E-state index contributed by atoms with van der Waals surface area (Å²) in [5.74, 6) is 0.659. The second-order valence-electron chi connectivity index (χ2n) is 8.33. The Morgan fingerprint density at radius 3 is 2.74 bits per heavy atom. The molecular formula is C24H24N4O2S. The first-order valence-corrected chi connectivity index (χ1v) is 11.6. The summed E-state index contributed by atoms with van der Waals surface area (Å²) in [5.41, 5.74) is 3.73. The minimum atomic E-state index is 0.00784. The number of pyridine rings is 1.